The van der Waals surface area contributed by atoms with Gasteiger partial charge in [-0.2, -0.15) is 0 Å². The van der Waals surface area contributed by atoms with Gasteiger partial charge in [0.25, 0.3) is 0 Å². The molecule has 3 aromatic carbocycles. The van der Waals surface area contributed by atoms with Gasteiger partial charge in [0.1, 0.15) is 5.75 Å². The standard InChI is InChI=1S/C31H37NO3/c1-33-29-15-13-25(19-28(29)24-8-4-3-5-9-24)26-17-23(20-32-21-26)16-22-12-14-30(31(18-22)34-2)35-27-10-6-7-11-27/h3-5,8-9,12-15,18-19,23,26-27,32H,6-7,10-11,16-17,20-21H2,1-2H3/t23?,26-/m1/s1. The molecule has 0 spiro atoms. The lowest BCUT2D eigenvalue weighted by Crippen LogP contribution is -2.36. The largest absolute Gasteiger partial charge is 0.496 e. The molecule has 2 fully saturated rings. The molecule has 1 saturated heterocycles. The zero-order valence-corrected chi connectivity index (χ0v) is 21.0. The highest BCUT2D eigenvalue weighted by Crippen LogP contribution is 2.37. The molecule has 2 atom stereocenters. The van der Waals surface area contributed by atoms with E-state index < -0.39 is 0 Å². The lowest BCUT2D eigenvalue weighted by Gasteiger charge is -2.31. The molecule has 5 rings (SSSR count). The molecule has 2 aliphatic rings. The van der Waals surface area contributed by atoms with Crippen LogP contribution in [0.4, 0.5) is 0 Å². The first-order valence-corrected chi connectivity index (χ1v) is 13.0. The average molecular weight is 472 g/mol. The van der Waals surface area contributed by atoms with E-state index in [9.17, 15) is 0 Å². The summed E-state index contributed by atoms with van der Waals surface area (Å²) in [4.78, 5) is 0. The number of methoxy groups -OCH3 is 2. The normalized spacial score (nSPS) is 20.5. The third-order valence-electron chi connectivity index (χ3n) is 7.57. The van der Waals surface area contributed by atoms with Gasteiger partial charge < -0.3 is 19.5 Å². The molecule has 1 heterocycles. The summed E-state index contributed by atoms with van der Waals surface area (Å²) in [6, 6.07) is 23.7. The summed E-state index contributed by atoms with van der Waals surface area (Å²) >= 11 is 0. The minimum absolute atomic E-state index is 0.336. The van der Waals surface area contributed by atoms with Crippen molar-refractivity contribution in [2.24, 2.45) is 5.92 Å². The van der Waals surface area contributed by atoms with Gasteiger partial charge in [-0.25, -0.2) is 0 Å². The van der Waals surface area contributed by atoms with Gasteiger partial charge in [0.2, 0.25) is 0 Å². The highest BCUT2D eigenvalue weighted by molar-refractivity contribution is 5.71. The second-order valence-corrected chi connectivity index (χ2v) is 10.00. The van der Waals surface area contributed by atoms with Gasteiger partial charge in [-0.1, -0.05) is 42.5 Å². The number of nitrogens with one attached hydrogen (secondary N) is 1. The van der Waals surface area contributed by atoms with E-state index in [1.54, 1.807) is 14.2 Å². The van der Waals surface area contributed by atoms with Gasteiger partial charge in [0, 0.05) is 12.1 Å². The molecule has 0 aromatic heterocycles. The summed E-state index contributed by atoms with van der Waals surface area (Å²) in [5, 5.41) is 3.69. The topological polar surface area (TPSA) is 39.7 Å². The van der Waals surface area contributed by atoms with E-state index in [1.165, 1.54) is 29.5 Å². The molecule has 0 amide bonds. The predicted molar refractivity (Wildman–Crippen MR) is 142 cm³/mol. The summed E-state index contributed by atoms with van der Waals surface area (Å²) in [6.45, 7) is 2.05. The number of hydrogen-bond acceptors (Lipinski definition) is 4. The van der Waals surface area contributed by atoms with Crippen LogP contribution in [0.1, 0.15) is 49.1 Å². The molecule has 1 aliphatic heterocycles. The molecule has 3 aromatic rings. The van der Waals surface area contributed by atoms with Crippen LogP contribution >= 0.6 is 0 Å². The Labute approximate surface area is 209 Å². The SMILES string of the molecule is COc1cc(CC2CNC[C@H](c3ccc(OC)c(-c4ccccc4)c3)C2)ccc1OC1CCCC1. The van der Waals surface area contributed by atoms with Crippen LogP contribution in [0.3, 0.4) is 0 Å². The fourth-order valence-corrected chi connectivity index (χ4v) is 5.72. The Morgan fingerprint density at radius 2 is 1.57 bits per heavy atom. The number of piperidine rings is 1. The number of ether oxygens (including phenoxy) is 3. The van der Waals surface area contributed by atoms with E-state index in [1.807, 2.05) is 0 Å². The predicted octanol–water partition coefficient (Wildman–Crippen LogP) is 6.63. The van der Waals surface area contributed by atoms with E-state index in [0.29, 0.717) is 17.9 Å². The Morgan fingerprint density at radius 3 is 2.34 bits per heavy atom. The Bertz CT molecular complexity index is 1110. The summed E-state index contributed by atoms with van der Waals surface area (Å²) in [6.07, 6.45) is 7.36. The smallest absolute Gasteiger partial charge is 0.161 e. The molecule has 0 radical (unpaired) electrons. The zero-order valence-electron chi connectivity index (χ0n) is 21.0. The minimum Gasteiger partial charge on any atom is -0.496 e. The number of rotatable bonds is 8. The number of benzene rings is 3. The van der Waals surface area contributed by atoms with E-state index in [-0.39, 0.29) is 0 Å². The van der Waals surface area contributed by atoms with Crippen molar-refractivity contribution in [2.75, 3.05) is 27.3 Å². The Hall–Kier alpha value is -2.98. The second kappa shape index (κ2) is 11.2. The molecular formula is C31H37NO3. The Morgan fingerprint density at radius 1 is 0.800 bits per heavy atom. The van der Waals surface area contributed by atoms with E-state index in [4.69, 9.17) is 14.2 Å². The summed E-state index contributed by atoms with van der Waals surface area (Å²) in [5.41, 5.74) is 5.04. The van der Waals surface area contributed by atoms with Crippen LogP contribution in [0.15, 0.2) is 66.7 Å². The number of hydrogen-bond donors (Lipinski definition) is 1. The quantitative estimate of drug-likeness (QED) is 0.400. The van der Waals surface area contributed by atoms with Gasteiger partial charge in [0.15, 0.2) is 11.5 Å². The van der Waals surface area contributed by atoms with Crippen molar-refractivity contribution in [2.45, 2.75) is 50.5 Å². The lowest BCUT2D eigenvalue weighted by molar-refractivity contribution is 0.200. The molecule has 1 saturated carbocycles. The van der Waals surface area contributed by atoms with Gasteiger partial charge in [-0.15, -0.1) is 0 Å². The van der Waals surface area contributed by atoms with Crippen LogP contribution in [-0.4, -0.2) is 33.4 Å². The van der Waals surface area contributed by atoms with Crippen molar-refractivity contribution in [3.8, 4) is 28.4 Å². The molecule has 4 nitrogen and oxygen atoms in total. The van der Waals surface area contributed by atoms with E-state index in [0.717, 1.165) is 61.6 Å². The maximum atomic E-state index is 6.24. The van der Waals surface area contributed by atoms with Crippen molar-refractivity contribution in [3.63, 3.8) is 0 Å². The van der Waals surface area contributed by atoms with Crippen LogP contribution in [-0.2, 0) is 6.42 Å². The molecular weight excluding hydrogens is 434 g/mol. The Balaban J connectivity index is 1.29. The van der Waals surface area contributed by atoms with Gasteiger partial charge in [-0.3, -0.25) is 0 Å². The molecule has 0 bridgehead atoms. The first-order valence-electron chi connectivity index (χ1n) is 13.0. The average Bonchev–Trinajstić information content (AvgIpc) is 3.43. The van der Waals surface area contributed by atoms with Crippen molar-refractivity contribution >= 4 is 0 Å². The summed E-state index contributed by atoms with van der Waals surface area (Å²) < 4.78 is 17.6. The second-order valence-electron chi connectivity index (χ2n) is 10.00. The summed E-state index contributed by atoms with van der Waals surface area (Å²) in [7, 11) is 3.49. The molecule has 35 heavy (non-hydrogen) atoms. The third kappa shape index (κ3) is 5.65. The maximum Gasteiger partial charge on any atom is 0.161 e. The van der Waals surface area contributed by atoms with Crippen LogP contribution in [0.2, 0.25) is 0 Å². The molecule has 1 unspecified atom stereocenters. The van der Waals surface area contributed by atoms with Crippen molar-refractivity contribution in [3.05, 3.63) is 77.9 Å². The van der Waals surface area contributed by atoms with Crippen LogP contribution in [0, 0.1) is 5.92 Å². The van der Waals surface area contributed by atoms with E-state index >= 15 is 0 Å². The Kier molecular flexibility index (Phi) is 7.58. The van der Waals surface area contributed by atoms with Gasteiger partial charge in [0.05, 0.1) is 20.3 Å². The van der Waals surface area contributed by atoms with Crippen LogP contribution in [0.25, 0.3) is 11.1 Å². The molecule has 1 N–H and O–H groups in total. The first kappa shape index (κ1) is 23.7. The molecule has 1 aliphatic carbocycles. The lowest BCUT2D eigenvalue weighted by atomic mass is 9.82. The van der Waals surface area contributed by atoms with Gasteiger partial charge in [-0.05, 0) is 97.9 Å². The van der Waals surface area contributed by atoms with Crippen molar-refractivity contribution in [1.82, 2.24) is 5.32 Å². The fraction of sp³-hybridized carbons (Fsp3) is 0.419. The van der Waals surface area contributed by atoms with Crippen molar-refractivity contribution in [1.29, 1.82) is 0 Å². The maximum absolute atomic E-state index is 6.24. The highest BCUT2D eigenvalue weighted by Gasteiger charge is 2.25. The van der Waals surface area contributed by atoms with E-state index in [2.05, 4.69) is 72.0 Å². The molecule has 4 heteroatoms. The highest BCUT2D eigenvalue weighted by atomic mass is 16.5. The van der Waals surface area contributed by atoms with Crippen molar-refractivity contribution < 1.29 is 14.2 Å². The van der Waals surface area contributed by atoms with Crippen LogP contribution < -0.4 is 19.5 Å². The summed E-state index contributed by atoms with van der Waals surface area (Å²) in [5.74, 6) is 3.72. The monoisotopic (exact) mass is 471 g/mol. The fourth-order valence-electron chi connectivity index (χ4n) is 5.72. The third-order valence-corrected chi connectivity index (χ3v) is 7.57. The molecule has 184 valence electrons. The zero-order chi connectivity index (χ0) is 24.0. The van der Waals surface area contributed by atoms with Crippen LogP contribution in [0.5, 0.6) is 17.2 Å². The first-order chi connectivity index (χ1) is 17.2. The minimum atomic E-state index is 0.336. The van der Waals surface area contributed by atoms with Gasteiger partial charge >= 0.3 is 0 Å².